The highest BCUT2D eigenvalue weighted by molar-refractivity contribution is 5.99. The summed E-state index contributed by atoms with van der Waals surface area (Å²) in [4.78, 5) is 37.8. The monoisotopic (exact) mass is 358 g/mol. The first kappa shape index (κ1) is 17.5. The Kier molecular flexibility index (Phi) is 4.92. The second-order valence-electron chi connectivity index (χ2n) is 5.68. The van der Waals surface area contributed by atoms with Crippen LogP contribution in [0.2, 0.25) is 0 Å². The summed E-state index contributed by atoms with van der Waals surface area (Å²) < 4.78 is 15.8. The highest BCUT2D eigenvalue weighted by atomic mass is 16.5. The summed E-state index contributed by atoms with van der Waals surface area (Å²) in [6, 6.07) is 9.97. The number of hydrogen-bond acceptors (Lipinski definition) is 6. The first-order chi connectivity index (χ1) is 12.5. The van der Waals surface area contributed by atoms with E-state index in [9.17, 15) is 14.4 Å². The van der Waals surface area contributed by atoms with Gasteiger partial charge in [0, 0.05) is 7.05 Å². The van der Waals surface area contributed by atoms with E-state index in [0.717, 1.165) is 0 Å². The minimum Gasteiger partial charge on any atom is -0.477 e. The van der Waals surface area contributed by atoms with Crippen molar-refractivity contribution >= 4 is 23.5 Å². The fourth-order valence-electron chi connectivity index (χ4n) is 2.59. The zero-order valence-electron chi connectivity index (χ0n) is 14.4. The molecule has 0 radical (unpaired) electrons. The van der Waals surface area contributed by atoms with Crippen LogP contribution in [0, 0.1) is 6.92 Å². The van der Waals surface area contributed by atoms with Gasteiger partial charge in [0.15, 0.2) is 12.7 Å². The number of fused-ring (bicyclic) bond motifs is 1. The summed E-state index contributed by atoms with van der Waals surface area (Å²) in [5, 5.41) is 2.50. The highest BCUT2D eigenvalue weighted by Crippen LogP contribution is 2.33. The third kappa shape index (κ3) is 3.53. The molecule has 2 amide bonds. The Morgan fingerprint density at radius 1 is 1.23 bits per heavy atom. The lowest BCUT2D eigenvalue weighted by molar-refractivity contribution is -0.128. The number of rotatable bonds is 4. The summed E-state index contributed by atoms with van der Waals surface area (Å²) in [6.45, 7) is 1.24. The Balaban J connectivity index is 1.72. The van der Waals surface area contributed by atoms with E-state index < -0.39 is 24.6 Å². The van der Waals surface area contributed by atoms with E-state index >= 15 is 0 Å². The molecule has 26 heavy (non-hydrogen) atoms. The van der Waals surface area contributed by atoms with Gasteiger partial charge in [0.1, 0.15) is 11.5 Å². The molecule has 1 unspecified atom stereocenters. The van der Waals surface area contributed by atoms with Crippen molar-refractivity contribution in [3.8, 4) is 5.75 Å². The van der Waals surface area contributed by atoms with E-state index in [1.165, 1.54) is 18.0 Å². The van der Waals surface area contributed by atoms with E-state index in [2.05, 4.69) is 5.32 Å². The summed E-state index contributed by atoms with van der Waals surface area (Å²) >= 11 is 0. The van der Waals surface area contributed by atoms with Crippen LogP contribution in [0.15, 0.2) is 40.8 Å². The Morgan fingerprint density at radius 3 is 2.69 bits per heavy atom. The van der Waals surface area contributed by atoms with Gasteiger partial charge in [0.2, 0.25) is 5.76 Å². The molecule has 2 heterocycles. The number of nitrogens with one attached hydrogen (secondary N) is 1. The van der Waals surface area contributed by atoms with Crippen LogP contribution in [0.5, 0.6) is 5.75 Å². The molecule has 1 aliphatic rings. The summed E-state index contributed by atoms with van der Waals surface area (Å²) in [5.74, 6) is -0.532. The van der Waals surface area contributed by atoms with Gasteiger partial charge in [-0.15, -0.1) is 0 Å². The molecular formula is C18H18N2O6. The molecule has 1 aromatic carbocycles. The van der Waals surface area contributed by atoms with Crippen LogP contribution >= 0.6 is 0 Å². The van der Waals surface area contributed by atoms with Gasteiger partial charge in [-0.2, -0.15) is 0 Å². The maximum absolute atomic E-state index is 12.6. The number of furan rings is 1. The standard InChI is InChI=1S/C18H18N2O6/c1-11-7-8-14(25-11)18(23)24-10-16(21)20-9-15(17(22)19-2)26-13-6-4-3-5-12(13)20/h3-8,15H,9-10H2,1-2H3,(H,19,22). The zero-order valence-corrected chi connectivity index (χ0v) is 14.4. The second kappa shape index (κ2) is 7.30. The van der Waals surface area contributed by atoms with Crippen molar-refractivity contribution in [2.24, 2.45) is 0 Å². The number of para-hydroxylation sites is 2. The van der Waals surface area contributed by atoms with Crippen molar-refractivity contribution in [1.29, 1.82) is 0 Å². The van der Waals surface area contributed by atoms with Crippen molar-refractivity contribution in [3.63, 3.8) is 0 Å². The van der Waals surface area contributed by atoms with Crippen molar-refractivity contribution in [3.05, 3.63) is 47.9 Å². The van der Waals surface area contributed by atoms with Gasteiger partial charge < -0.3 is 24.1 Å². The number of benzene rings is 1. The van der Waals surface area contributed by atoms with Gasteiger partial charge in [-0.25, -0.2) is 4.79 Å². The normalized spacial score (nSPS) is 15.6. The van der Waals surface area contributed by atoms with Crippen molar-refractivity contribution in [1.82, 2.24) is 5.32 Å². The molecule has 8 heteroatoms. The number of esters is 1. The number of aryl methyl sites for hydroxylation is 1. The molecule has 2 aromatic rings. The zero-order chi connectivity index (χ0) is 18.7. The minimum absolute atomic E-state index is 0.0208. The third-order valence-corrected chi connectivity index (χ3v) is 3.88. The molecule has 3 rings (SSSR count). The molecule has 8 nitrogen and oxygen atoms in total. The SMILES string of the molecule is CNC(=O)C1CN(C(=O)COC(=O)c2ccc(C)o2)c2ccccc2O1. The summed E-state index contributed by atoms with van der Waals surface area (Å²) in [5.41, 5.74) is 0.516. The Bertz CT molecular complexity index is 844. The van der Waals surface area contributed by atoms with Crippen molar-refractivity contribution < 1.29 is 28.3 Å². The van der Waals surface area contributed by atoms with Crippen LogP contribution in [-0.4, -0.2) is 44.1 Å². The first-order valence-electron chi connectivity index (χ1n) is 8.01. The van der Waals surface area contributed by atoms with Crippen molar-refractivity contribution in [2.45, 2.75) is 13.0 Å². The predicted octanol–water partition coefficient (Wildman–Crippen LogP) is 1.29. The number of amides is 2. The number of hydrogen-bond donors (Lipinski definition) is 1. The molecule has 0 saturated heterocycles. The largest absolute Gasteiger partial charge is 0.477 e. The molecule has 0 saturated carbocycles. The number of carbonyl (C=O) groups is 3. The maximum Gasteiger partial charge on any atom is 0.374 e. The smallest absolute Gasteiger partial charge is 0.374 e. The number of likely N-dealkylation sites (N-methyl/N-ethyl adjacent to an activating group) is 1. The van der Waals surface area contributed by atoms with Crippen LogP contribution in [0.4, 0.5) is 5.69 Å². The van der Waals surface area contributed by atoms with E-state index in [0.29, 0.717) is 17.2 Å². The molecule has 0 fully saturated rings. The van der Waals surface area contributed by atoms with Gasteiger partial charge in [0.25, 0.3) is 11.8 Å². The van der Waals surface area contributed by atoms with E-state index in [-0.39, 0.29) is 18.2 Å². The van der Waals surface area contributed by atoms with Gasteiger partial charge in [-0.1, -0.05) is 12.1 Å². The molecule has 1 aromatic heterocycles. The fraction of sp³-hybridized carbons (Fsp3) is 0.278. The molecule has 1 atom stereocenters. The van der Waals surface area contributed by atoms with Gasteiger partial charge in [-0.05, 0) is 31.2 Å². The van der Waals surface area contributed by atoms with Gasteiger partial charge in [-0.3, -0.25) is 9.59 Å². The highest BCUT2D eigenvalue weighted by Gasteiger charge is 2.33. The quantitative estimate of drug-likeness (QED) is 0.827. The minimum atomic E-state index is -0.845. The first-order valence-corrected chi connectivity index (χ1v) is 8.01. The van der Waals surface area contributed by atoms with E-state index in [1.807, 2.05) is 0 Å². The molecule has 136 valence electrons. The Hall–Kier alpha value is -3.29. The predicted molar refractivity (Wildman–Crippen MR) is 91.0 cm³/mol. The lowest BCUT2D eigenvalue weighted by Gasteiger charge is -2.33. The van der Waals surface area contributed by atoms with Gasteiger partial charge in [0.05, 0.1) is 12.2 Å². The van der Waals surface area contributed by atoms with Crippen molar-refractivity contribution in [2.75, 3.05) is 25.1 Å². The van der Waals surface area contributed by atoms with Crippen LogP contribution in [-0.2, 0) is 14.3 Å². The van der Waals surface area contributed by atoms with Crippen LogP contribution < -0.4 is 15.0 Å². The summed E-state index contributed by atoms with van der Waals surface area (Å²) in [7, 11) is 1.49. The lowest BCUT2D eigenvalue weighted by Crippen LogP contribution is -2.51. The number of anilines is 1. The Labute approximate surface area is 149 Å². The molecule has 1 aliphatic heterocycles. The number of nitrogens with zero attached hydrogens (tertiary/aromatic N) is 1. The molecule has 0 aliphatic carbocycles. The number of carbonyl (C=O) groups excluding carboxylic acids is 3. The number of ether oxygens (including phenoxy) is 2. The van der Waals surface area contributed by atoms with Crippen LogP contribution in [0.1, 0.15) is 16.3 Å². The summed E-state index contributed by atoms with van der Waals surface area (Å²) in [6.07, 6.45) is -0.845. The topological polar surface area (TPSA) is 98.1 Å². The average molecular weight is 358 g/mol. The molecule has 1 N–H and O–H groups in total. The van der Waals surface area contributed by atoms with Crippen LogP contribution in [0.25, 0.3) is 0 Å². The molecular weight excluding hydrogens is 340 g/mol. The lowest BCUT2D eigenvalue weighted by atomic mass is 10.1. The third-order valence-electron chi connectivity index (χ3n) is 3.88. The van der Waals surface area contributed by atoms with E-state index in [1.54, 1.807) is 37.3 Å². The van der Waals surface area contributed by atoms with Crippen LogP contribution in [0.3, 0.4) is 0 Å². The second-order valence-corrected chi connectivity index (χ2v) is 5.68. The van der Waals surface area contributed by atoms with Gasteiger partial charge >= 0.3 is 5.97 Å². The van der Waals surface area contributed by atoms with E-state index in [4.69, 9.17) is 13.9 Å². The fourth-order valence-corrected chi connectivity index (χ4v) is 2.59. The average Bonchev–Trinajstić information content (AvgIpc) is 3.10. The molecule has 0 spiro atoms. The maximum atomic E-state index is 12.6. The molecule has 0 bridgehead atoms. The Morgan fingerprint density at radius 2 is 2.00 bits per heavy atom.